The number of hydrogen-bond acceptors (Lipinski definition) is 6. The molecule has 2 aromatic heterocycles. The molecule has 1 saturated heterocycles. The van der Waals surface area contributed by atoms with Crippen LogP contribution in [0.3, 0.4) is 0 Å². The minimum Gasteiger partial charge on any atom is -0.471 e. The Hall–Kier alpha value is -3.56. The van der Waals surface area contributed by atoms with Gasteiger partial charge in [0.25, 0.3) is 6.43 Å². The van der Waals surface area contributed by atoms with E-state index in [0.717, 1.165) is 25.2 Å². The fraction of sp³-hybridized carbons (Fsp3) is 0.364. The molecule has 0 aliphatic carbocycles. The maximum Gasteiger partial charge on any atom is 0.263 e. The Morgan fingerprint density at radius 1 is 1.09 bits per heavy atom. The molecule has 0 bridgehead atoms. The van der Waals surface area contributed by atoms with Crippen molar-refractivity contribution in [3.05, 3.63) is 59.5 Å². The molecule has 0 atom stereocenters. The minimum absolute atomic E-state index is 0.0505. The van der Waals surface area contributed by atoms with E-state index in [4.69, 9.17) is 4.74 Å². The highest BCUT2D eigenvalue weighted by Crippen LogP contribution is 2.22. The van der Waals surface area contributed by atoms with Gasteiger partial charge in [0.05, 0.1) is 29.8 Å². The van der Waals surface area contributed by atoms with Gasteiger partial charge in [-0.3, -0.25) is 4.79 Å². The number of alkyl halides is 2. The molecule has 8 nitrogen and oxygen atoms in total. The van der Waals surface area contributed by atoms with Crippen molar-refractivity contribution >= 4 is 11.6 Å². The van der Waals surface area contributed by atoms with E-state index in [2.05, 4.69) is 15.3 Å². The van der Waals surface area contributed by atoms with Gasteiger partial charge in [-0.25, -0.2) is 18.4 Å². The van der Waals surface area contributed by atoms with Crippen molar-refractivity contribution in [2.45, 2.75) is 26.4 Å². The summed E-state index contributed by atoms with van der Waals surface area (Å²) in [5, 5.41) is 8.19. The van der Waals surface area contributed by atoms with E-state index < -0.39 is 6.43 Å². The van der Waals surface area contributed by atoms with Crippen LogP contribution < -0.4 is 9.64 Å². The maximum absolute atomic E-state index is 12.8. The van der Waals surface area contributed by atoms with E-state index in [9.17, 15) is 13.6 Å². The third-order valence-electron chi connectivity index (χ3n) is 5.46. The monoisotopic (exact) mass is 442 g/mol. The average Bonchev–Trinajstić information content (AvgIpc) is 3.08. The van der Waals surface area contributed by atoms with Crippen LogP contribution in [0.4, 0.5) is 14.5 Å². The van der Waals surface area contributed by atoms with Gasteiger partial charge in [0, 0.05) is 31.8 Å². The van der Waals surface area contributed by atoms with Gasteiger partial charge < -0.3 is 14.5 Å². The van der Waals surface area contributed by atoms with Crippen LogP contribution in [0.15, 0.2) is 42.6 Å². The second-order valence-corrected chi connectivity index (χ2v) is 7.66. The Labute approximate surface area is 184 Å². The van der Waals surface area contributed by atoms with Gasteiger partial charge in [-0.05, 0) is 31.5 Å². The maximum atomic E-state index is 12.8. The number of carbonyl (C=O) groups excluding carboxylic acids is 1. The zero-order chi connectivity index (χ0) is 22.7. The quantitative estimate of drug-likeness (QED) is 0.584. The van der Waals surface area contributed by atoms with E-state index in [1.165, 1.54) is 12.1 Å². The molecule has 1 amide bonds. The van der Waals surface area contributed by atoms with Gasteiger partial charge in [0.1, 0.15) is 12.3 Å². The molecule has 0 spiro atoms. The fourth-order valence-corrected chi connectivity index (χ4v) is 3.50. The lowest BCUT2D eigenvalue weighted by Crippen LogP contribution is -2.34. The zero-order valence-corrected chi connectivity index (χ0v) is 17.9. The molecular weight excluding hydrogens is 418 g/mol. The molecule has 1 aromatic carbocycles. The number of hydrogen-bond donors (Lipinski definition) is 0. The average molecular weight is 442 g/mol. The van der Waals surface area contributed by atoms with Crippen LogP contribution in [-0.4, -0.2) is 57.5 Å². The summed E-state index contributed by atoms with van der Waals surface area (Å²) in [7, 11) is 1.82. The van der Waals surface area contributed by atoms with Crippen molar-refractivity contribution in [3.63, 3.8) is 0 Å². The molecule has 0 unspecified atom stereocenters. The summed E-state index contributed by atoms with van der Waals surface area (Å²) in [5.41, 5.74) is 2.80. The second kappa shape index (κ2) is 9.29. The van der Waals surface area contributed by atoms with Crippen LogP contribution in [0.2, 0.25) is 0 Å². The fourth-order valence-electron chi connectivity index (χ4n) is 3.50. The number of ether oxygens (including phenoxy) is 1. The first-order valence-electron chi connectivity index (χ1n) is 10.3. The molecule has 1 aliphatic rings. The lowest BCUT2D eigenvalue weighted by atomic mass is 10.2. The van der Waals surface area contributed by atoms with E-state index in [0.29, 0.717) is 29.5 Å². The Morgan fingerprint density at radius 3 is 2.53 bits per heavy atom. The number of anilines is 1. The molecule has 1 aliphatic heterocycles. The van der Waals surface area contributed by atoms with Crippen molar-refractivity contribution in [2.24, 2.45) is 0 Å². The number of likely N-dealkylation sites (N-methyl/N-ethyl adjacent to an activating group) is 1. The molecule has 4 rings (SSSR count). The number of aryl methyl sites for hydroxylation is 1. The molecule has 1 fully saturated rings. The SMILES string of the molecule is Cc1nnn(-c2ccc(C(F)F)cc2)c1COc1ccc(N2CCCN(C)C(=O)C2)cn1. The normalized spacial score (nSPS) is 14.7. The van der Waals surface area contributed by atoms with Crippen LogP contribution >= 0.6 is 0 Å². The predicted octanol–water partition coefficient (Wildman–Crippen LogP) is 3.16. The van der Waals surface area contributed by atoms with Gasteiger partial charge >= 0.3 is 0 Å². The topological polar surface area (TPSA) is 76.4 Å². The van der Waals surface area contributed by atoms with Crippen LogP contribution in [0.25, 0.3) is 5.69 Å². The van der Waals surface area contributed by atoms with Crippen molar-refractivity contribution in [3.8, 4) is 11.6 Å². The number of halogens is 2. The van der Waals surface area contributed by atoms with Crippen LogP contribution in [0.5, 0.6) is 5.88 Å². The lowest BCUT2D eigenvalue weighted by Gasteiger charge is -2.21. The van der Waals surface area contributed by atoms with Crippen LogP contribution in [-0.2, 0) is 11.4 Å². The van der Waals surface area contributed by atoms with Crippen LogP contribution in [0, 0.1) is 6.92 Å². The number of pyridine rings is 1. The first-order valence-corrected chi connectivity index (χ1v) is 10.3. The summed E-state index contributed by atoms with van der Waals surface area (Å²) >= 11 is 0. The third-order valence-corrected chi connectivity index (χ3v) is 5.46. The first kappa shape index (κ1) is 21.7. The molecule has 0 N–H and O–H groups in total. The number of benzene rings is 1. The smallest absolute Gasteiger partial charge is 0.263 e. The van der Waals surface area contributed by atoms with E-state index >= 15 is 0 Å². The predicted molar refractivity (Wildman–Crippen MR) is 114 cm³/mol. The number of carbonyl (C=O) groups is 1. The number of aromatic nitrogens is 4. The molecule has 168 valence electrons. The minimum atomic E-state index is -2.52. The Kier molecular flexibility index (Phi) is 6.29. The summed E-state index contributed by atoms with van der Waals surface area (Å²) in [4.78, 5) is 20.2. The van der Waals surface area contributed by atoms with Gasteiger partial charge in [0.15, 0.2) is 0 Å². The summed E-state index contributed by atoms with van der Waals surface area (Å²) in [5.74, 6) is 0.507. The van der Waals surface area contributed by atoms with E-state index in [1.807, 2.05) is 18.0 Å². The second-order valence-electron chi connectivity index (χ2n) is 7.66. The number of nitrogens with zero attached hydrogens (tertiary/aromatic N) is 6. The van der Waals surface area contributed by atoms with Crippen molar-refractivity contribution in [1.29, 1.82) is 0 Å². The van der Waals surface area contributed by atoms with Crippen LogP contribution in [0.1, 0.15) is 29.8 Å². The highest BCUT2D eigenvalue weighted by molar-refractivity contribution is 5.81. The summed E-state index contributed by atoms with van der Waals surface area (Å²) < 4.78 is 33.0. The molecular formula is C22H24F2N6O2. The molecule has 0 radical (unpaired) electrons. The Morgan fingerprint density at radius 2 is 1.84 bits per heavy atom. The van der Waals surface area contributed by atoms with Gasteiger partial charge in [-0.15, -0.1) is 5.10 Å². The van der Waals surface area contributed by atoms with Crippen molar-refractivity contribution < 1.29 is 18.3 Å². The molecule has 3 heterocycles. The Bertz CT molecular complexity index is 1070. The largest absolute Gasteiger partial charge is 0.471 e. The van der Waals surface area contributed by atoms with Crippen molar-refractivity contribution in [2.75, 3.05) is 31.6 Å². The number of amides is 1. The van der Waals surface area contributed by atoms with Gasteiger partial charge in [-0.2, -0.15) is 0 Å². The highest BCUT2D eigenvalue weighted by atomic mass is 19.3. The third kappa shape index (κ3) is 4.68. The Balaban J connectivity index is 1.44. The van der Waals surface area contributed by atoms with E-state index in [-0.39, 0.29) is 18.1 Å². The lowest BCUT2D eigenvalue weighted by molar-refractivity contribution is -0.127. The first-order chi connectivity index (χ1) is 15.4. The molecule has 0 saturated carbocycles. The zero-order valence-electron chi connectivity index (χ0n) is 17.9. The molecule has 10 heteroatoms. The van der Waals surface area contributed by atoms with Gasteiger partial charge in [-0.1, -0.05) is 17.3 Å². The highest BCUT2D eigenvalue weighted by Gasteiger charge is 2.19. The summed E-state index contributed by atoms with van der Waals surface area (Å²) in [6.45, 7) is 3.82. The molecule has 32 heavy (non-hydrogen) atoms. The van der Waals surface area contributed by atoms with E-state index in [1.54, 1.807) is 40.9 Å². The number of rotatable bonds is 6. The molecule has 3 aromatic rings. The van der Waals surface area contributed by atoms with Crippen molar-refractivity contribution in [1.82, 2.24) is 24.9 Å². The van der Waals surface area contributed by atoms with Gasteiger partial charge in [0.2, 0.25) is 11.8 Å². The standard InChI is InChI=1S/C22H24F2N6O2/c1-15-19(30(27-26-15)17-6-4-16(5-7-17)22(23)24)14-32-20-9-8-18(12-25-20)29-11-3-10-28(2)21(31)13-29/h4-9,12,22H,3,10-11,13-14H2,1-2H3. The summed E-state index contributed by atoms with van der Waals surface area (Å²) in [6, 6.07) is 9.53. The summed E-state index contributed by atoms with van der Waals surface area (Å²) in [6.07, 6.45) is 0.0702.